The summed E-state index contributed by atoms with van der Waals surface area (Å²) >= 11 is 0. The van der Waals surface area contributed by atoms with Crippen molar-refractivity contribution in [2.24, 2.45) is 5.92 Å². The van der Waals surface area contributed by atoms with Crippen LogP contribution in [0.25, 0.3) is 11.5 Å². The zero-order valence-electron chi connectivity index (χ0n) is 13.8. The molecule has 1 aliphatic carbocycles. The Balaban J connectivity index is 1.79. The van der Waals surface area contributed by atoms with Crippen LogP contribution in [-0.4, -0.2) is 28.6 Å². The molecule has 1 aliphatic rings. The van der Waals surface area contributed by atoms with E-state index < -0.39 is 0 Å². The second kappa shape index (κ2) is 7.02. The fraction of sp³-hybridized carbons (Fsp3) is 0.556. The van der Waals surface area contributed by atoms with Crippen molar-refractivity contribution >= 4 is 5.91 Å². The van der Waals surface area contributed by atoms with E-state index in [9.17, 15) is 4.79 Å². The summed E-state index contributed by atoms with van der Waals surface area (Å²) in [5.41, 5.74) is 0.364. The first-order valence-electron chi connectivity index (χ1n) is 8.46. The molecule has 0 saturated heterocycles. The van der Waals surface area contributed by atoms with Gasteiger partial charge in [-0.3, -0.25) is 4.79 Å². The average molecular weight is 316 g/mol. The third-order valence-corrected chi connectivity index (χ3v) is 4.33. The molecule has 0 unspecified atom stereocenters. The highest BCUT2D eigenvalue weighted by Crippen LogP contribution is 2.26. The van der Waals surface area contributed by atoms with Gasteiger partial charge >= 0.3 is 0 Å². The van der Waals surface area contributed by atoms with Crippen LogP contribution in [0.4, 0.5) is 0 Å². The van der Waals surface area contributed by atoms with Crippen molar-refractivity contribution < 1.29 is 13.7 Å². The van der Waals surface area contributed by atoms with Crippen LogP contribution in [0.3, 0.4) is 0 Å². The van der Waals surface area contributed by atoms with Crippen molar-refractivity contribution in [1.29, 1.82) is 0 Å². The molecule has 3 rings (SSSR count). The maximum atomic E-state index is 12.9. The summed E-state index contributed by atoms with van der Waals surface area (Å²) < 4.78 is 10.6. The van der Waals surface area contributed by atoms with Gasteiger partial charge in [0.05, 0.1) is 6.26 Å². The van der Waals surface area contributed by atoms with Crippen LogP contribution >= 0.6 is 0 Å². The Morgan fingerprint density at radius 3 is 2.74 bits per heavy atom. The summed E-state index contributed by atoms with van der Waals surface area (Å²) in [6.07, 6.45) is 7.41. The monoisotopic (exact) mass is 316 g/mol. The summed E-state index contributed by atoms with van der Waals surface area (Å²) in [5.74, 6) is 1.47. The fourth-order valence-electron chi connectivity index (χ4n) is 3.24. The number of hydrogen-bond acceptors (Lipinski definition) is 4. The maximum Gasteiger partial charge on any atom is 0.276 e. The highest BCUT2D eigenvalue weighted by molar-refractivity contribution is 5.93. The first-order valence-corrected chi connectivity index (χ1v) is 8.46. The SMILES string of the molecule is CC(C)CN(C(=O)c1cc(-c2ccco2)on1)C1CCCCC1. The van der Waals surface area contributed by atoms with Crippen LogP contribution in [0, 0.1) is 5.92 Å². The second-order valence-corrected chi connectivity index (χ2v) is 6.70. The van der Waals surface area contributed by atoms with E-state index in [0.717, 1.165) is 19.4 Å². The molecule has 0 N–H and O–H groups in total. The molecule has 0 aromatic carbocycles. The summed E-state index contributed by atoms with van der Waals surface area (Å²) in [6, 6.07) is 5.58. The summed E-state index contributed by atoms with van der Waals surface area (Å²) in [4.78, 5) is 14.9. The van der Waals surface area contributed by atoms with E-state index >= 15 is 0 Å². The predicted molar refractivity (Wildman–Crippen MR) is 87.0 cm³/mol. The first-order chi connectivity index (χ1) is 11.1. The first kappa shape index (κ1) is 15.8. The minimum Gasteiger partial charge on any atom is -0.461 e. The third-order valence-electron chi connectivity index (χ3n) is 4.33. The van der Waals surface area contributed by atoms with Crippen molar-refractivity contribution in [1.82, 2.24) is 10.1 Å². The van der Waals surface area contributed by atoms with Crippen molar-refractivity contribution in [2.75, 3.05) is 6.54 Å². The van der Waals surface area contributed by atoms with E-state index in [1.165, 1.54) is 19.3 Å². The molecule has 1 saturated carbocycles. The molecule has 0 radical (unpaired) electrons. The normalized spacial score (nSPS) is 16.0. The lowest BCUT2D eigenvalue weighted by Crippen LogP contribution is -2.43. The van der Waals surface area contributed by atoms with Crippen LogP contribution in [0.2, 0.25) is 0 Å². The van der Waals surface area contributed by atoms with Gasteiger partial charge in [-0.15, -0.1) is 0 Å². The molecule has 0 bridgehead atoms. The molecule has 1 fully saturated rings. The van der Waals surface area contributed by atoms with Gasteiger partial charge < -0.3 is 13.8 Å². The summed E-state index contributed by atoms with van der Waals surface area (Å²) in [6.45, 7) is 5.03. The van der Waals surface area contributed by atoms with E-state index in [0.29, 0.717) is 29.2 Å². The topological polar surface area (TPSA) is 59.5 Å². The van der Waals surface area contributed by atoms with Gasteiger partial charge in [0.2, 0.25) is 5.76 Å². The van der Waals surface area contributed by atoms with Gasteiger partial charge in [-0.2, -0.15) is 0 Å². The van der Waals surface area contributed by atoms with Crippen molar-refractivity contribution in [3.63, 3.8) is 0 Å². The lowest BCUT2D eigenvalue weighted by Gasteiger charge is -2.35. The van der Waals surface area contributed by atoms with Gasteiger partial charge in [-0.25, -0.2) is 0 Å². The smallest absolute Gasteiger partial charge is 0.276 e. The molecule has 0 spiro atoms. The number of amides is 1. The summed E-state index contributed by atoms with van der Waals surface area (Å²) in [5, 5.41) is 3.97. The Morgan fingerprint density at radius 2 is 2.09 bits per heavy atom. The molecule has 124 valence electrons. The largest absolute Gasteiger partial charge is 0.461 e. The van der Waals surface area contributed by atoms with Gasteiger partial charge in [-0.1, -0.05) is 38.3 Å². The number of nitrogens with zero attached hydrogens (tertiary/aromatic N) is 2. The standard InChI is InChI=1S/C18H24N2O3/c1-13(2)12-20(14-7-4-3-5-8-14)18(21)15-11-17(23-19-15)16-9-6-10-22-16/h6,9-11,13-14H,3-5,7-8,12H2,1-2H3. The van der Waals surface area contributed by atoms with Crippen molar-refractivity contribution in [3.05, 3.63) is 30.2 Å². The van der Waals surface area contributed by atoms with Crippen molar-refractivity contribution in [2.45, 2.75) is 52.0 Å². The lowest BCUT2D eigenvalue weighted by molar-refractivity contribution is 0.0594. The highest BCUT2D eigenvalue weighted by Gasteiger charge is 2.29. The highest BCUT2D eigenvalue weighted by atomic mass is 16.5. The van der Waals surface area contributed by atoms with Crippen LogP contribution in [0.1, 0.15) is 56.4 Å². The number of carbonyl (C=O) groups excluding carboxylic acids is 1. The Kier molecular flexibility index (Phi) is 4.84. The second-order valence-electron chi connectivity index (χ2n) is 6.70. The molecular weight excluding hydrogens is 292 g/mol. The predicted octanol–water partition coefficient (Wildman–Crippen LogP) is 4.37. The van der Waals surface area contributed by atoms with Crippen LogP contribution < -0.4 is 0 Å². The van der Waals surface area contributed by atoms with Gasteiger partial charge in [0.15, 0.2) is 11.5 Å². The van der Waals surface area contributed by atoms with E-state index in [-0.39, 0.29) is 5.91 Å². The molecule has 0 aliphatic heterocycles. The van der Waals surface area contributed by atoms with E-state index in [2.05, 4.69) is 19.0 Å². The van der Waals surface area contributed by atoms with Gasteiger partial charge in [0.25, 0.3) is 5.91 Å². The zero-order chi connectivity index (χ0) is 16.2. The molecule has 0 atom stereocenters. The van der Waals surface area contributed by atoms with E-state index in [4.69, 9.17) is 8.94 Å². The minimum atomic E-state index is -0.0350. The number of furan rings is 1. The average Bonchev–Trinajstić information content (AvgIpc) is 3.23. The molecule has 2 heterocycles. The quantitative estimate of drug-likeness (QED) is 0.822. The Hall–Kier alpha value is -2.04. The van der Waals surface area contributed by atoms with Gasteiger partial charge in [0, 0.05) is 18.7 Å². The lowest BCUT2D eigenvalue weighted by atomic mass is 9.93. The zero-order valence-corrected chi connectivity index (χ0v) is 13.8. The molecule has 5 nitrogen and oxygen atoms in total. The Bertz CT molecular complexity index is 624. The van der Waals surface area contributed by atoms with Crippen LogP contribution in [0.5, 0.6) is 0 Å². The van der Waals surface area contributed by atoms with Crippen molar-refractivity contribution in [3.8, 4) is 11.5 Å². The van der Waals surface area contributed by atoms with Gasteiger partial charge in [0.1, 0.15) is 0 Å². The van der Waals surface area contributed by atoms with E-state index in [1.807, 2.05) is 4.90 Å². The molecule has 1 amide bonds. The molecule has 2 aromatic rings. The number of aromatic nitrogens is 1. The summed E-state index contributed by atoms with van der Waals surface area (Å²) in [7, 11) is 0. The Labute approximate surface area is 136 Å². The van der Waals surface area contributed by atoms with E-state index in [1.54, 1.807) is 24.5 Å². The maximum absolute atomic E-state index is 12.9. The number of carbonyl (C=O) groups is 1. The van der Waals surface area contributed by atoms with Crippen LogP contribution in [-0.2, 0) is 0 Å². The number of rotatable bonds is 5. The third kappa shape index (κ3) is 3.66. The Morgan fingerprint density at radius 1 is 1.30 bits per heavy atom. The minimum absolute atomic E-state index is 0.0350. The molecule has 2 aromatic heterocycles. The molecule has 23 heavy (non-hydrogen) atoms. The molecule has 5 heteroatoms. The number of hydrogen-bond donors (Lipinski definition) is 0. The van der Waals surface area contributed by atoms with Gasteiger partial charge in [-0.05, 0) is 30.9 Å². The molecular formula is C18H24N2O3. The van der Waals surface area contributed by atoms with Crippen LogP contribution in [0.15, 0.2) is 33.4 Å². The fourth-order valence-corrected chi connectivity index (χ4v) is 3.24.